The van der Waals surface area contributed by atoms with E-state index >= 15 is 0 Å². The maximum atomic E-state index is 2.39. The van der Waals surface area contributed by atoms with Gasteiger partial charge in [-0.2, -0.15) is 0 Å². The lowest BCUT2D eigenvalue weighted by atomic mass is 9.84. The summed E-state index contributed by atoms with van der Waals surface area (Å²) in [5, 5.41) is 0. The lowest BCUT2D eigenvalue weighted by molar-refractivity contribution is 0.280. The van der Waals surface area contributed by atoms with Crippen LogP contribution in [0.25, 0.3) is 0 Å². The van der Waals surface area contributed by atoms with Gasteiger partial charge in [0.1, 0.15) is 0 Å². The second kappa shape index (κ2) is 4.13. The number of rotatable bonds is 3. The van der Waals surface area contributed by atoms with Crippen molar-refractivity contribution in [1.82, 2.24) is 0 Å². The first kappa shape index (κ1) is 9.09. The Bertz CT molecular complexity index is 105. The van der Waals surface area contributed by atoms with Crippen molar-refractivity contribution in [3.63, 3.8) is 0 Å². The zero-order valence-corrected chi connectivity index (χ0v) is 8.27. The summed E-state index contributed by atoms with van der Waals surface area (Å²) in [5.74, 6) is 3.05. The van der Waals surface area contributed by atoms with Crippen LogP contribution in [0.2, 0.25) is 0 Å². The van der Waals surface area contributed by atoms with Crippen LogP contribution in [-0.2, 0) is 0 Å². The van der Waals surface area contributed by atoms with Gasteiger partial charge in [-0.25, -0.2) is 0 Å². The molecule has 1 aliphatic rings. The van der Waals surface area contributed by atoms with E-state index < -0.39 is 0 Å². The summed E-state index contributed by atoms with van der Waals surface area (Å²) in [6, 6.07) is 0. The van der Waals surface area contributed by atoms with Crippen molar-refractivity contribution in [1.29, 1.82) is 0 Å². The minimum atomic E-state index is 0.925. The smallest absolute Gasteiger partial charge is 0.0363 e. The Labute approximate surface area is 71.4 Å². The molecule has 1 saturated carbocycles. The average molecular weight is 154 g/mol. The summed E-state index contributed by atoms with van der Waals surface area (Å²) in [6.07, 6.45) is 7.36. The van der Waals surface area contributed by atoms with E-state index in [1.54, 1.807) is 0 Å². The van der Waals surface area contributed by atoms with Crippen LogP contribution in [0.1, 0.15) is 52.9 Å². The molecule has 0 aromatic heterocycles. The first-order valence-electron chi connectivity index (χ1n) is 5.25. The molecule has 0 bridgehead atoms. The van der Waals surface area contributed by atoms with Gasteiger partial charge in [-0.1, -0.05) is 46.5 Å². The highest BCUT2D eigenvalue weighted by atomic mass is 14.3. The Morgan fingerprint density at radius 3 is 2.55 bits per heavy atom. The monoisotopic (exact) mass is 154 g/mol. The Morgan fingerprint density at radius 1 is 1.27 bits per heavy atom. The first-order chi connectivity index (χ1) is 5.25. The largest absolute Gasteiger partial charge is 0.0654 e. The fourth-order valence-electron chi connectivity index (χ4n) is 2.67. The van der Waals surface area contributed by atoms with E-state index in [0.717, 1.165) is 17.8 Å². The zero-order valence-electron chi connectivity index (χ0n) is 8.27. The zero-order chi connectivity index (χ0) is 8.27. The van der Waals surface area contributed by atoms with E-state index in [1.165, 1.54) is 32.1 Å². The van der Waals surface area contributed by atoms with Crippen LogP contribution in [0.4, 0.5) is 0 Å². The quantitative estimate of drug-likeness (QED) is 0.579. The van der Waals surface area contributed by atoms with Gasteiger partial charge in [0.05, 0.1) is 0 Å². The standard InChI is InChI=1S/C11H22/c1-4-6-10-7-5-8-11(10)9(2)3/h9-11H,4-8H2,1-3H3/t10?,11-/m0/s1. The molecule has 66 valence electrons. The number of hydrogen-bond acceptors (Lipinski definition) is 0. The van der Waals surface area contributed by atoms with Crippen LogP contribution in [0.15, 0.2) is 0 Å². The van der Waals surface area contributed by atoms with Crippen LogP contribution in [0.3, 0.4) is 0 Å². The van der Waals surface area contributed by atoms with Crippen molar-refractivity contribution in [2.24, 2.45) is 17.8 Å². The van der Waals surface area contributed by atoms with Crippen molar-refractivity contribution < 1.29 is 0 Å². The van der Waals surface area contributed by atoms with Gasteiger partial charge in [-0.15, -0.1) is 0 Å². The van der Waals surface area contributed by atoms with Crippen molar-refractivity contribution in [3.05, 3.63) is 0 Å². The molecular formula is C11H22. The van der Waals surface area contributed by atoms with Crippen LogP contribution in [0, 0.1) is 17.8 Å². The summed E-state index contributed by atoms with van der Waals surface area (Å²) in [4.78, 5) is 0. The van der Waals surface area contributed by atoms with E-state index in [-0.39, 0.29) is 0 Å². The highest BCUT2D eigenvalue weighted by molar-refractivity contribution is 4.78. The molecule has 0 aromatic carbocycles. The van der Waals surface area contributed by atoms with Crippen molar-refractivity contribution in [2.75, 3.05) is 0 Å². The van der Waals surface area contributed by atoms with Gasteiger partial charge in [0.25, 0.3) is 0 Å². The highest BCUT2D eigenvalue weighted by Gasteiger charge is 2.28. The third-order valence-corrected chi connectivity index (χ3v) is 3.23. The first-order valence-corrected chi connectivity index (χ1v) is 5.25. The predicted molar refractivity (Wildman–Crippen MR) is 50.6 cm³/mol. The van der Waals surface area contributed by atoms with Crippen molar-refractivity contribution in [2.45, 2.75) is 52.9 Å². The Balaban J connectivity index is 2.37. The third-order valence-electron chi connectivity index (χ3n) is 3.23. The van der Waals surface area contributed by atoms with Crippen molar-refractivity contribution >= 4 is 0 Å². The SMILES string of the molecule is CCCC1CCC[C@H]1C(C)C. The fraction of sp³-hybridized carbons (Fsp3) is 1.00. The number of hydrogen-bond donors (Lipinski definition) is 0. The van der Waals surface area contributed by atoms with Crippen LogP contribution < -0.4 is 0 Å². The molecule has 0 saturated heterocycles. The van der Waals surface area contributed by atoms with Gasteiger partial charge >= 0.3 is 0 Å². The average Bonchev–Trinajstić information content (AvgIpc) is 2.36. The Morgan fingerprint density at radius 2 is 2.00 bits per heavy atom. The van der Waals surface area contributed by atoms with Gasteiger partial charge in [-0.05, 0) is 24.2 Å². The molecule has 1 rings (SSSR count). The summed E-state index contributed by atoms with van der Waals surface area (Å²) in [6.45, 7) is 7.09. The topological polar surface area (TPSA) is 0 Å². The third kappa shape index (κ3) is 2.21. The van der Waals surface area contributed by atoms with Gasteiger partial charge in [0, 0.05) is 0 Å². The molecule has 0 N–H and O–H groups in total. The Kier molecular flexibility index (Phi) is 3.42. The maximum Gasteiger partial charge on any atom is -0.0363 e. The van der Waals surface area contributed by atoms with E-state index in [2.05, 4.69) is 20.8 Å². The second-order valence-corrected chi connectivity index (χ2v) is 4.39. The van der Waals surface area contributed by atoms with E-state index in [9.17, 15) is 0 Å². The fourth-order valence-corrected chi connectivity index (χ4v) is 2.67. The highest BCUT2D eigenvalue weighted by Crippen LogP contribution is 2.39. The molecule has 1 fully saturated rings. The van der Waals surface area contributed by atoms with E-state index in [4.69, 9.17) is 0 Å². The van der Waals surface area contributed by atoms with E-state index in [1.807, 2.05) is 0 Å². The van der Waals surface area contributed by atoms with Crippen LogP contribution >= 0.6 is 0 Å². The lowest BCUT2D eigenvalue weighted by Crippen LogP contribution is -2.13. The van der Waals surface area contributed by atoms with Gasteiger partial charge < -0.3 is 0 Å². The maximum absolute atomic E-state index is 2.39. The Hall–Kier alpha value is 0. The molecule has 0 heteroatoms. The molecule has 0 radical (unpaired) electrons. The lowest BCUT2D eigenvalue weighted by Gasteiger charge is -2.22. The minimum Gasteiger partial charge on any atom is -0.0654 e. The summed E-state index contributed by atoms with van der Waals surface area (Å²) < 4.78 is 0. The summed E-state index contributed by atoms with van der Waals surface area (Å²) >= 11 is 0. The van der Waals surface area contributed by atoms with Crippen LogP contribution in [-0.4, -0.2) is 0 Å². The molecular weight excluding hydrogens is 132 g/mol. The van der Waals surface area contributed by atoms with Gasteiger partial charge in [0.15, 0.2) is 0 Å². The molecule has 1 aliphatic carbocycles. The summed E-state index contributed by atoms with van der Waals surface area (Å²) in [7, 11) is 0. The molecule has 0 amide bonds. The molecule has 0 heterocycles. The molecule has 0 aromatic rings. The summed E-state index contributed by atoms with van der Waals surface area (Å²) in [5.41, 5.74) is 0. The normalized spacial score (nSPS) is 31.6. The molecule has 11 heavy (non-hydrogen) atoms. The van der Waals surface area contributed by atoms with Crippen LogP contribution in [0.5, 0.6) is 0 Å². The predicted octanol–water partition coefficient (Wildman–Crippen LogP) is 3.86. The van der Waals surface area contributed by atoms with Crippen molar-refractivity contribution in [3.8, 4) is 0 Å². The van der Waals surface area contributed by atoms with E-state index in [0.29, 0.717) is 0 Å². The molecule has 0 nitrogen and oxygen atoms in total. The molecule has 1 unspecified atom stereocenters. The molecule has 0 spiro atoms. The molecule has 0 aliphatic heterocycles. The van der Waals surface area contributed by atoms with Gasteiger partial charge in [0.2, 0.25) is 0 Å². The van der Waals surface area contributed by atoms with Gasteiger partial charge in [-0.3, -0.25) is 0 Å². The minimum absolute atomic E-state index is 0.925. The molecule has 2 atom stereocenters. The second-order valence-electron chi connectivity index (χ2n) is 4.39.